The van der Waals surface area contributed by atoms with Crippen molar-refractivity contribution in [2.45, 2.75) is 18.6 Å². The Hall–Kier alpha value is -7.17. The molecule has 1 aromatic heterocycles. The second-order valence-electron chi connectivity index (χ2n) is 14.5. The second kappa shape index (κ2) is 18.8. The van der Waals surface area contributed by atoms with Gasteiger partial charge in [-0.25, -0.2) is 4.79 Å². The molecule has 0 bridgehead atoms. The third kappa shape index (κ3) is 9.35. The van der Waals surface area contributed by atoms with Gasteiger partial charge in [-0.1, -0.05) is 140 Å². The summed E-state index contributed by atoms with van der Waals surface area (Å²) >= 11 is 3.35. The van der Waals surface area contributed by atoms with Gasteiger partial charge in [0.25, 0.3) is 0 Å². The van der Waals surface area contributed by atoms with Crippen LogP contribution in [0.3, 0.4) is 0 Å². The smallest absolute Gasteiger partial charge is 0.346 e. The fourth-order valence-electron chi connectivity index (χ4n) is 7.47. The fraction of sp³-hybridized carbons (Fsp3) is 0.0545. The van der Waals surface area contributed by atoms with Crippen molar-refractivity contribution in [2.75, 3.05) is 4.90 Å². The molecule has 1 unspecified atom stereocenters. The predicted octanol–water partition coefficient (Wildman–Crippen LogP) is 15.6. The van der Waals surface area contributed by atoms with Gasteiger partial charge in [0.05, 0.1) is 0 Å². The highest BCUT2D eigenvalue weighted by molar-refractivity contribution is 8.08. The summed E-state index contributed by atoms with van der Waals surface area (Å²) in [5.74, 6) is -1.22. The number of carboxylic acid groups (broad SMARTS) is 1. The zero-order valence-electron chi connectivity index (χ0n) is 33.6. The van der Waals surface area contributed by atoms with Gasteiger partial charge in [0.1, 0.15) is 11.6 Å². The third-order valence-corrected chi connectivity index (χ3v) is 13.2. The molecule has 2 heterocycles. The quantitative estimate of drug-likeness (QED) is 0.0713. The number of carbonyl (C=O) groups is 1. The van der Waals surface area contributed by atoms with E-state index in [1.54, 1.807) is 6.07 Å². The number of hydrogen-bond donors (Lipinski definition) is 1. The van der Waals surface area contributed by atoms with Crippen molar-refractivity contribution in [1.82, 2.24) is 0 Å². The molecule has 0 saturated carbocycles. The summed E-state index contributed by atoms with van der Waals surface area (Å²) < 4.78 is 0. The zero-order valence-corrected chi connectivity index (χ0v) is 35.2. The molecule has 6 heteroatoms. The number of rotatable bonds is 13. The highest BCUT2D eigenvalue weighted by Gasteiger charge is 2.24. The maximum absolute atomic E-state index is 11.4. The Labute approximate surface area is 366 Å². The van der Waals surface area contributed by atoms with Crippen LogP contribution in [0.4, 0.5) is 17.1 Å². The molecule has 0 spiro atoms. The van der Waals surface area contributed by atoms with E-state index in [0.29, 0.717) is 0 Å². The summed E-state index contributed by atoms with van der Waals surface area (Å²) in [5, 5.41) is 18.8. The van der Waals surface area contributed by atoms with Gasteiger partial charge in [-0.2, -0.15) is 5.26 Å². The molecule has 0 saturated heterocycles. The molecule has 296 valence electrons. The van der Waals surface area contributed by atoms with Crippen molar-refractivity contribution >= 4 is 62.7 Å². The fourth-order valence-corrected chi connectivity index (χ4v) is 9.87. The lowest BCUT2D eigenvalue weighted by Gasteiger charge is -2.28. The number of aliphatic carboxylic acids is 1. The number of nitriles is 1. The van der Waals surface area contributed by atoms with Crippen molar-refractivity contribution in [2.24, 2.45) is 0 Å². The maximum Gasteiger partial charge on any atom is 0.346 e. The molecule has 1 atom stereocenters. The van der Waals surface area contributed by atoms with Gasteiger partial charge in [-0.05, 0) is 130 Å². The Kier molecular flexibility index (Phi) is 12.5. The Balaban J connectivity index is 1.24. The number of anilines is 3. The number of thiophene rings is 1. The number of hydrogen-bond acceptors (Lipinski definition) is 5. The summed E-state index contributed by atoms with van der Waals surface area (Å²) in [4.78, 5) is 16.9. The van der Waals surface area contributed by atoms with E-state index in [2.05, 4.69) is 175 Å². The first-order valence-electron chi connectivity index (χ1n) is 20.0. The number of carboxylic acids is 1. The first kappa shape index (κ1) is 40.6. The number of allylic oxidation sites excluding steroid dienone is 6. The van der Waals surface area contributed by atoms with Crippen LogP contribution in [0.5, 0.6) is 0 Å². The van der Waals surface area contributed by atoms with Crippen molar-refractivity contribution in [3.05, 3.63) is 227 Å². The van der Waals surface area contributed by atoms with Crippen molar-refractivity contribution < 1.29 is 9.90 Å². The summed E-state index contributed by atoms with van der Waals surface area (Å²) in [5.41, 5.74) is 12.8. The average molecular weight is 827 g/mol. The highest BCUT2D eigenvalue weighted by atomic mass is 32.2. The van der Waals surface area contributed by atoms with Gasteiger partial charge in [0.15, 0.2) is 0 Å². The highest BCUT2D eigenvalue weighted by Crippen LogP contribution is 2.50. The normalized spacial score (nSPS) is 14.1. The van der Waals surface area contributed by atoms with E-state index in [-0.39, 0.29) is 10.8 Å². The Bertz CT molecular complexity index is 2810. The van der Waals surface area contributed by atoms with Crippen LogP contribution in [0.15, 0.2) is 206 Å². The van der Waals surface area contributed by atoms with Crippen LogP contribution >= 0.6 is 23.1 Å². The van der Waals surface area contributed by atoms with E-state index in [1.807, 2.05) is 49.0 Å². The lowest BCUT2D eigenvalue weighted by atomic mass is 9.95. The first-order valence-corrected chi connectivity index (χ1v) is 21.7. The average Bonchev–Trinajstić information content (AvgIpc) is 4.00. The lowest BCUT2D eigenvalue weighted by Crippen LogP contribution is -2.11. The van der Waals surface area contributed by atoms with Gasteiger partial charge in [0.2, 0.25) is 0 Å². The van der Waals surface area contributed by atoms with Gasteiger partial charge in [-0.15, -0.1) is 23.1 Å². The van der Waals surface area contributed by atoms with Gasteiger partial charge in [-0.3, -0.25) is 0 Å². The van der Waals surface area contributed by atoms with Crippen LogP contribution in [-0.2, 0) is 4.79 Å². The Morgan fingerprint density at radius 2 is 1.28 bits per heavy atom. The van der Waals surface area contributed by atoms with E-state index >= 15 is 0 Å². The molecule has 1 aliphatic rings. The summed E-state index contributed by atoms with van der Waals surface area (Å²) in [6.45, 7) is 6.23. The Morgan fingerprint density at radius 3 is 1.82 bits per heavy atom. The van der Waals surface area contributed by atoms with Crippen LogP contribution < -0.4 is 4.90 Å². The minimum absolute atomic E-state index is 0.208. The molecule has 1 N–H and O–H groups in total. The molecule has 0 amide bonds. The van der Waals surface area contributed by atoms with Crippen molar-refractivity contribution in [3.63, 3.8) is 0 Å². The maximum atomic E-state index is 11.4. The summed E-state index contributed by atoms with van der Waals surface area (Å²) in [6, 6.07) is 59.8. The molecular formula is C55H42N2O2S2. The topological polar surface area (TPSA) is 64.3 Å². The third-order valence-electron chi connectivity index (χ3n) is 10.5. The molecule has 0 fully saturated rings. The van der Waals surface area contributed by atoms with E-state index in [9.17, 15) is 15.2 Å². The monoisotopic (exact) mass is 826 g/mol. The number of benzene rings is 6. The Morgan fingerprint density at radius 1 is 0.705 bits per heavy atom. The second-order valence-corrected chi connectivity index (χ2v) is 16.9. The molecular weight excluding hydrogens is 785 g/mol. The largest absolute Gasteiger partial charge is 0.477 e. The molecule has 0 radical (unpaired) electrons. The van der Waals surface area contributed by atoms with Crippen LogP contribution in [0.25, 0.3) is 49.9 Å². The van der Waals surface area contributed by atoms with Gasteiger partial charge >= 0.3 is 5.97 Å². The van der Waals surface area contributed by atoms with E-state index in [4.69, 9.17) is 0 Å². The van der Waals surface area contributed by atoms with Gasteiger partial charge in [0, 0.05) is 37.0 Å². The number of nitrogens with zero attached hydrogens (tertiary/aromatic N) is 2. The predicted molar refractivity (Wildman–Crippen MR) is 259 cm³/mol. The standard InChI is InChI=1S/C55H42N2O2S2/c1-3-5-15-38(4-2)43-30-44(39-16-9-6-10-17-39)33-49(32-43)57(50-34-45(40-18-11-7-12-19-40)31-46(35-50)41-20-13-8-14-21-41)48-24-22-42(23-25-48)52-28-29-54(61-52)53-27-26-51(60-53)36-47(37-56)55(58)59/h3-28,30-36,54H,2,29H2,1H3,(H,58,59)/b5-3-,38-15+,47-36+. The van der Waals surface area contributed by atoms with Crippen molar-refractivity contribution in [1.29, 1.82) is 5.26 Å². The minimum Gasteiger partial charge on any atom is -0.477 e. The van der Waals surface area contributed by atoms with E-state index < -0.39 is 5.97 Å². The molecule has 0 aliphatic carbocycles. The van der Waals surface area contributed by atoms with Crippen LogP contribution in [0, 0.1) is 11.3 Å². The molecule has 7 aromatic rings. The van der Waals surface area contributed by atoms with Crippen LogP contribution in [0.1, 0.15) is 39.5 Å². The summed E-state index contributed by atoms with van der Waals surface area (Å²) in [6.07, 6.45) is 12.7. The van der Waals surface area contributed by atoms with Crippen LogP contribution in [0.2, 0.25) is 0 Å². The van der Waals surface area contributed by atoms with Crippen LogP contribution in [-0.4, -0.2) is 11.1 Å². The SMILES string of the molecule is C=C/C(=C\C=C/C)c1cc(-c2ccccc2)cc(N(c2ccc(C3=CCC(c4ccc(/C=C(\C#N)C(=O)O)s4)S3)cc2)c2cc(-c3ccccc3)cc(-c3ccccc3)c2)c1. The van der Waals surface area contributed by atoms with E-state index in [1.165, 1.54) is 22.3 Å². The molecule has 61 heavy (non-hydrogen) atoms. The molecule has 6 aromatic carbocycles. The molecule has 4 nitrogen and oxygen atoms in total. The molecule has 1 aliphatic heterocycles. The number of thioether (sulfide) groups is 1. The zero-order chi connectivity index (χ0) is 42.1. The summed E-state index contributed by atoms with van der Waals surface area (Å²) in [7, 11) is 0. The minimum atomic E-state index is -1.22. The van der Waals surface area contributed by atoms with E-state index in [0.717, 1.165) is 83.3 Å². The first-order chi connectivity index (χ1) is 29.9. The van der Waals surface area contributed by atoms with Crippen molar-refractivity contribution in [3.8, 4) is 39.4 Å². The lowest BCUT2D eigenvalue weighted by molar-refractivity contribution is -0.132. The van der Waals surface area contributed by atoms with Gasteiger partial charge < -0.3 is 10.0 Å². The molecule has 8 rings (SSSR count).